The molecule has 0 aliphatic carbocycles. The van der Waals surface area contributed by atoms with Gasteiger partial charge in [-0.15, -0.1) is 0 Å². The lowest BCUT2D eigenvalue weighted by Crippen LogP contribution is -2.31. The molecule has 1 N–H and O–H groups in total. The molecule has 1 atom stereocenters. The van der Waals surface area contributed by atoms with Crippen molar-refractivity contribution in [2.24, 2.45) is 0 Å². The van der Waals surface area contributed by atoms with Crippen molar-refractivity contribution in [3.05, 3.63) is 52.8 Å². The van der Waals surface area contributed by atoms with Crippen LogP contribution in [0, 0.1) is 13.8 Å². The maximum Gasteiger partial charge on any atom is 0.339 e. The highest BCUT2D eigenvalue weighted by atomic mass is 16.5. The standard InChI is InChI=1S/C22H26N2O6/c1-6-29-22(28)19-11-13(2)24(14(19)3)12-20(26)30-16(5)21(27)23-18-9-7-17(8-10-18)15(4)25/h7-11,16H,6,12H2,1-5H3,(H,23,27)/t16-/m0/s1. The van der Waals surface area contributed by atoms with Crippen LogP contribution in [0.1, 0.15) is 52.9 Å². The number of amides is 1. The Morgan fingerprint density at radius 3 is 2.30 bits per heavy atom. The van der Waals surface area contributed by atoms with Crippen LogP contribution in [0.25, 0.3) is 0 Å². The number of benzene rings is 1. The van der Waals surface area contributed by atoms with Gasteiger partial charge in [0.25, 0.3) is 5.91 Å². The largest absolute Gasteiger partial charge is 0.462 e. The zero-order valence-corrected chi connectivity index (χ0v) is 17.8. The quantitative estimate of drug-likeness (QED) is 0.526. The number of hydrogen-bond donors (Lipinski definition) is 1. The minimum atomic E-state index is -1.02. The molecular weight excluding hydrogens is 388 g/mol. The number of anilines is 1. The number of rotatable bonds is 8. The number of nitrogens with zero attached hydrogens (tertiary/aromatic N) is 1. The number of aryl methyl sites for hydroxylation is 1. The molecular formula is C22H26N2O6. The van der Waals surface area contributed by atoms with Crippen LogP contribution in [0.3, 0.4) is 0 Å². The van der Waals surface area contributed by atoms with Crippen LogP contribution in [0.4, 0.5) is 5.69 Å². The van der Waals surface area contributed by atoms with E-state index in [1.807, 2.05) is 0 Å². The average molecular weight is 414 g/mol. The van der Waals surface area contributed by atoms with Crippen molar-refractivity contribution in [2.45, 2.75) is 47.3 Å². The predicted molar refractivity (Wildman–Crippen MR) is 110 cm³/mol. The molecule has 0 aliphatic rings. The van der Waals surface area contributed by atoms with Crippen molar-refractivity contribution >= 4 is 29.3 Å². The number of aromatic nitrogens is 1. The first-order chi connectivity index (χ1) is 14.1. The number of ether oxygens (including phenoxy) is 2. The zero-order valence-electron chi connectivity index (χ0n) is 17.8. The molecule has 2 aromatic rings. The number of carbonyl (C=O) groups is 4. The molecule has 0 aliphatic heterocycles. The van der Waals surface area contributed by atoms with E-state index in [1.165, 1.54) is 13.8 Å². The Bertz CT molecular complexity index is 959. The van der Waals surface area contributed by atoms with Crippen molar-refractivity contribution < 1.29 is 28.7 Å². The van der Waals surface area contributed by atoms with Gasteiger partial charge in [0.05, 0.1) is 12.2 Å². The van der Waals surface area contributed by atoms with Gasteiger partial charge in [-0.2, -0.15) is 0 Å². The molecule has 160 valence electrons. The molecule has 1 aromatic carbocycles. The number of carbonyl (C=O) groups excluding carboxylic acids is 4. The minimum Gasteiger partial charge on any atom is -0.462 e. The summed E-state index contributed by atoms with van der Waals surface area (Å²) in [4.78, 5) is 47.9. The highest BCUT2D eigenvalue weighted by Crippen LogP contribution is 2.17. The Hall–Kier alpha value is -3.42. The van der Waals surface area contributed by atoms with Crippen molar-refractivity contribution in [2.75, 3.05) is 11.9 Å². The van der Waals surface area contributed by atoms with Crippen LogP contribution in [0.2, 0.25) is 0 Å². The van der Waals surface area contributed by atoms with E-state index in [9.17, 15) is 19.2 Å². The van der Waals surface area contributed by atoms with E-state index < -0.39 is 23.9 Å². The molecule has 8 heteroatoms. The molecule has 0 saturated heterocycles. The number of esters is 2. The average Bonchev–Trinajstić information content (AvgIpc) is 2.96. The normalized spacial score (nSPS) is 11.5. The second-order valence-electron chi connectivity index (χ2n) is 6.85. The number of Topliss-reactive ketones (excluding diaryl/α,β-unsaturated/α-hetero) is 1. The second-order valence-corrected chi connectivity index (χ2v) is 6.85. The molecule has 0 fully saturated rings. The topological polar surface area (TPSA) is 104 Å². The van der Waals surface area contributed by atoms with Crippen molar-refractivity contribution in [3.8, 4) is 0 Å². The Kier molecular flexibility index (Phi) is 7.52. The van der Waals surface area contributed by atoms with Gasteiger partial charge >= 0.3 is 11.9 Å². The van der Waals surface area contributed by atoms with E-state index in [1.54, 1.807) is 55.7 Å². The van der Waals surface area contributed by atoms with Crippen LogP contribution in [-0.4, -0.2) is 40.9 Å². The maximum atomic E-state index is 12.3. The summed E-state index contributed by atoms with van der Waals surface area (Å²) in [6.45, 7) is 8.25. The fourth-order valence-electron chi connectivity index (χ4n) is 2.91. The van der Waals surface area contributed by atoms with Gasteiger partial charge in [-0.3, -0.25) is 14.4 Å². The van der Waals surface area contributed by atoms with E-state index in [-0.39, 0.29) is 18.9 Å². The smallest absolute Gasteiger partial charge is 0.339 e. The summed E-state index contributed by atoms with van der Waals surface area (Å²) in [5, 5.41) is 2.64. The van der Waals surface area contributed by atoms with Crippen LogP contribution in [0.5, 0.6) is 0 Å². The molecule has 1 heterocycles. The Morgan fingerprint density at radius 1 is 1.10 bits per heavy atom. The van der Waals surface area contributed by atoms with Crippen LogP contribution < -0.4 is 5.32 Å². The summed E-state index contributed by atoms with van der Waals surface area (Å²) in [5.41, 5.74) is 2.71. The lowest BCUT2D eigenvalue weighted by atomic mass is 10.1. The van der Waals surface area contributed by atoms with Crippen molar-refractivity contribution in [3.63, 3.8) is 0 Å². The molecule has 0 bridgehead atoms. The van der Waals surface area contributed by atoms with Gasteiger partial charge in [-0.05, 0) is 65.0 Å². The maximum absolute atomic E-state index is 12.3. The number of nitrogens with one attached hydrogen (secondary N) is 1. The lowest BCUT2D eigenvalue weighted by Gasteiger charge is -2.15. The third-order valence-corrected chi connectivity index (χ3v) is 4.59. The second kappa shape index (κ2) is 9.87. The highest BCUT2D eigenvalue weighted by molar-refractivity contribution is 5.97. The van der Waals surface area contributed by atoms with Crippen LogP contribution >= 0.6 is 0 Å². The number of hydrogen-bond acceptors (Lipinski definition) is 6. The van der Waals surface area contributed by atoms with Crippen LogP contribution in [0.15, 0.2) is 30.3 Å². The first kappa shape index (κ1) is 22.9. The fraction of sp³-hybridized carbons (Fsp3) is 0.364. The summed E-state index contributed by atoms with van der Waals surface area (Å²) in [5.74, 6) is -1.63. The predicted octanol–water partition coefficient (Wildman–Crippen LogP) is 3.05. The summed E-state index contributed by atoms with van der Waals surface area (Å²) >= 11 is 0. The number of ketones is 1. The fourth-order valence-corrected chi connectivity index (χ4v) is 2.91. The van der Waals surface area contributed by atoms with Gasteiger partial charge in [0.1, 0.15) is 6.54 Å². The molecule has 1 aromatic heterocycles. The molecule has 30 heavy (non-hydrogen) atoms. The summed E-state index contributed by atoms with van der Waals surface area (Å²) < 4.78 is 11.9. The van der Waals surface area contributed by atoms with Gasteiger partial charge in [0, 0.05) is 22.6 Å². The monoisotopic (exact) mass is 414 g/mol. The van der Waals surface area contributed by atoms with Crippen LogP contribution in [-0.2, 0) is 25.6 Å². The Labute approximate surface area is 175 Å². The summed E-state index contributed by atoms with van der Waals surface area (Å²) in [6, 6.07) is 8.07. The van der Waals surface area contributed by atoms with E-state index in [4.69, 9.17) is 9.47 Å². The van der Waals surface area contributed by atoms with E-state index >= 15 is 0 Å². The van der Waals surface area contributed by atoms with Gasteiger partial charge in [-0.25, -0.2) is 4.79 Å². The highest BCUT2D eigenvalue weighted by Gasteiger charge is 2.22. The van der Waals surface area contributed by atoms with Gasteiger partial charge in [0.2, 0.25) is 0 Å². The summed E-state index contributed by atoms with van der Waals surface area (Å²) in [7, 11) is 0. The minimum absolute atomic E-state index is 0.0723. The third-order valence-electron chi connectivity index (χ3n) is 4.59. The molecule has 1 amide bonds. The lowest BCUT2D eigenvalue weighted by molar-refractivity contribution is -0.153. The Morgan fingerprint density at radius 2 is 1.73 bits per heavy atom. The third kappa shape index (κ3) is 5.56. The molecule has 0 unspecified atom stereocenters. The van der Waals surface area contributed by atoms with Crippen molar-refractivity contribution in [1.82, 2.24) is 4.57 Å². The van der Waals surface area contributed by atoms with E-state index in [0.29, 0.717) is 28.2 Å². The molecule has 2 rings (SSSR count). The first-order valence-corrected chi connectivity index (χ1v) is 9.59. The van der Waals surface area contributed by atoms with Gasteiger partial charge in [0.15, 0.2) is 11.9 Å². The van der Waals surface area contributed by atoms with Gasteiger partial charge < -0.3 is 19.4 Å². The van der Waals surface area contributed by atoms with E-state index in [0.717, 1.165) is 0 Å². The SMILES string of the molecule is CCOC(=O)c1cc(C)n(CC(=O)O[C@@H](C)C(=O)Nc2ccc(C(C)=O)cc2)c1C. The van der Waals surface area contributed by atoms with Gasteiger partial charge in [-0.1, -0.05) is 0 Å². The molecule has 0 radical (unpaired) electrons. The van der Waals surface area contributed by atoms with Crippen molar-refractivity contribution in [1.29, 1.82) is 0 Å². The first-order valence-electron chi connectivity index (χ1n) is 9.59. The molecule has 0 saturated carbocycles. The molecule has 0 spiro atoms. The Balaban J connectivity index is 1.98. The zero-order chi connectivity index (χ0) is 22.4. The van der Waals surface area contributed by atoms with E-state index in [2.05, 4.69) is 5.32 Å². The summed E-state index contributed by atoms with van der Waals surface area (Å²) in [6.07, 6.45) is -1.02. The molecule has 8 nitrogen and oxygen atoms in total.